The van der Waals surface area contributed by atoms with Crippen LogP contribution in [0.3, 0.4) is 0 Å². The molecule has 0 radical (unpaired) electrons. The van der Waals surface area contributed by atoms with Gasteiger partial charge in [0.15, 0.2) is 0 Å². The predicted molar refractivity (Wildman–Crippen MR) is 400 cm³/mol. The Labute approximate surface area is 562 Å². The first-order chi connectivity index (χ1) is 44.5. The summed E-state index contributed by atoms with van der Waals surface area (Å²) in [6.45, 7) is 4.67. The molecule has 0 rings (SSSR count). The van der Waals surface area contributed by atoms with Crippen molar-refractivity contribution in [1.82, 2.24) is 5.32 Å². The standard InChI is InChI=1S/C82H141N2O6P/c1-6-8-10-12-14-16-18-20-22-24-26-28-30-32-34-36-38-40-41-42-43-44-46-48-50-52-54-56-58-60-62-64-66-68-70-72-74-76-82(86)83-80(79-90-91(87,88)89-78-77-84(3,4)5)81(85)75-73-71-69-67-65-63-61-59-57-55-53-51-49-47-45-39-37-35-33-31-29-27-25-23-21-19-17-15-13-11-9-7-2/h8,10,14,16,20,22,26,28,32,34,38,40,42-43,46,48,52,54,57-60,65,67,73,75,80-81,85H,6-7,9,11-13,15,17-19,21,23-25,27,29-31,33,35-37,39,41,44-45,47,49-51,53,55-56,61-64,66,68-72,74,76-79H2,1-5H3,(H-,83,86,87,88)/p+1/b10-8-,16-14-,22-20-,28-26-,34-32-,40-38-,43-42-,48-46-,54-52-,59-57+,60-58-,67-65+,75-73+. The largest absolute Gasteiger partial charge is 0.472 e. The molecule has 0 aromatic heterocycles. The number of phosphoric acid groups is 1. The molecule has 0 aromatic rings. The van der Waals surface area contributed by atoms with Crippen LogP contribution in [0.1, 0.15) is 303 Å². The van der Waals surface area contributed by atoms with Crippen molar-refractivity contribution in [1.29, 1.82) is 0 Å². The SMILES string of the molecule is CC/C=C\C/C=C\C/C=C\C/C=C\C/C=C\C/C=C\C/C=C\C/C=C\C/C=C\C/C=C\CCCCCCCCC(=O)NC(COP(=O)(O)OCC[N+](C)(C)C)C(O)/C=C/CC/C=C/CC/C=C/CCCCCCCCCCCCCCCCCCCCCCCC. The average molecular weight is 1280 g/mol. The van der Waals surface area contributed by atoms with Crippen LogP contribution in [0.2, 0.25) is 0 Å². The summed E-state index contributed by atoms with van der Waals surface area (Å²) in [4.78, 5) is 23.4. The smallest absolute Gasteiger partial charge is 0.387 e. The molecule has 0 bridgehead atoms. The first kappa shape index (κ1) is 87.1. The Morgan fingerprint density at radius 3 is 1.01 bits per heavy atom. The van der Waals surface area contributed by atoms with Crippen LogP contribution in [0.15, 0.2) is 158 Å². The molecule has 3 unspecified atom stereocenters. The van der Waals surface area contributed by atoms with Crippen molar-refractivity contribution in [3.05, 3.63) is 158 Å². The minimum atomic E-state index is -4.38. The normalized spacial score (nSPS) is 14.5. The van der Waals surface area contributed by atoms with Gasteiger partial charge >= 0.3 is 7.82 Å². The Kier molecular flexibility index (Phi) is 67.4. The van der Waals surface area contributed by atoms with E-state index < -0.39 is 20.0 Å². The number of hydrogen-bond donors (Lipinski definition) is 3. The van der Waals surface area contributed by atoms with Crippen molar-refractivity contribution >= 4 is 13.7 Å². The van der Waals surface area contributed by atoms with Gasteiger partial charge < -0.3 is 19.8 Å². The second-order valence-corrected chi connectivity index (χ2v) is 27.4. The molecular formula is C82H142N2O6P+. The van der Waals surface area contributed by atoms with Gasteiger partial charge in [-0.1, -0.05) is 332 Å². The number of hydrogen-bond acceptors (Lipinski definition) is 5. The van der Waals surface area contributed by atoms with Crippen LogP contribution in [0.4, 0.5) is 0 Å². The van der Waals surface area contributed by atoms with Crippen LogP contribution in [0.25, 0.3) is 0 Å². The second kappa shape index (κ2) is 70.4. The number of phosphoric ester groups is 1. The highest BCUT2D eigenvalue weighted by molar-refractivity contribution is 7.47. The Morgan fingerprint density at radius 2 is 0.670 bits per heavy atom. The van der Waals surface area contributed by atoms with E-state index >= 15 is 0 Å². The first-order valence-electron chi connectivity index (χ1n) is 37.4. The van der Waals surface area contributed by atoms with Crippen molar-refractivity contribution in [3.63, 3.8) is 0 Å². The number of aliphatic hydroxyl groups excluding tert-OH is 1. The maximum atomic E-state index is 13.1. The van der Waals surface area contributed by atoms with E-state index in [0.29, 0.717) is 17.4 Å². The van der Waals surface area contributed by atoms with Gasteiger partial charge in [0.05, 0.1) is 39.9 Å². The summed E-state index contributed by atoms with van der Waals surface area (Å²) in [6, 6.07) is -0.893. The Morgan fingerprint density at radius 1 is 0.385 bits per heavy atom. The first-order valence-corrected chi connectivity index (χ1v) is 38.9. The zero-order valence-corrected chi connectivity index (χ0v) is 60.4. The van der Waals surface area contributed by atoms with Gasteiger partial charge in [0, 0.05) is 6.42 Å². The summed E-state index contributed by atoms with van der Waals surface area (Å²) in [5.41, 5.74) is 0. The lowest BCUT2D eigenvalue weighted by Gasteiger charge is -2.25. The van der Waals surface area contributed by atoms with E-state index in [-0.39, 0.29) is 19.1 Å². The lowest BCUT2D eigenvalue weighted by Crippen LogP contribution is -2.45. The number of nitrogens with one attached hydrogen (secondary N) is 1. The third-order valence-electron chi connectivity index (χ3n) is 16.0. The number of quaternary nitrogens is 1. The molecule has 9 heteroatoms. The Balaban J connectivity index is 4.21. The van der Waals surface area contributed by atoms with Gasteiger partial charge in [-0.2, -0.15) is 0 Å². The summed E-state index contributed by atoms with van der Waals surface area (Å²) in [6.07, 6.45) is 110. The summed E-state index contributed by atoms with van der Waals surface area (Å²) in [5, 5.41) is 14.0. The summed E-state index contributed by atoms with van der Waals surface area (Å²) in [5.74, 6) is -0.210. The van der Waals surface area contributed by atoms with E-state index in [4.69, 9.17) is 9.05 Å². The van der Waals surface area contributed by atoms with Crippen LogP contribution < -0.4 is 5.32 Å². The third kappa shape index (κ3) is 73.4. The molecule has 0 aromatic carbocycles. The maximum absolute atomic E-state index is 13.1. The molecule has 3 atom stereocenters. The number of allylic oxidation sites excluding steroid dienone is 25. The minimum absolute atomic E-state index is 0.0420. The fourth-order valence-corrected chi connectivity index (χ4v) is 11.0. The number of carbonyl (C=O) groups excluding carboxylic acids is 1. The highest BCUT2D eigenvalue weighted by Crippen LogP contribution is 2.43. The molecule has 0 aliphatic carbocycles. The fraction of sp³-hybridized carbons (Fsp3) is 0.671. The van der Waals surface area contributed by atoms with E-state index in [1.165, 1.54) is 148 Å². The molecule has 1 amide bonds. The number of aliphatic hydroxyl groups is 1. The number of rotatable bonds is 67. The lowest BCUT2D eigenvalue weighted by atomic mass is 10.0. The molecular weight excluding hydrogens is 1140 g/mol. The van der Waals surface area contributed by atoms with E-state index in [1.807, 2.05) is 27.2 Å². The number of likely N-dealkylation sites (N-methyl/N-ethyl adjacent to an activating group) is 1. The fourth-order valence-electron chi connectivity index (χ4n) is 10.2. The number of unbranched alkanes of at least 4 members (excludes halogenated alkanes) is 30. The van der Waals surface area contributed by atoms with Gasteiger partial charge in [-0.25, -0.2) is 4.57 Å². The van der Waals surface area contributed by atoms with Crippen molar-refractivity contribution in [2.75, 3.05) is 40.9 Å². The summed E-state index contributed by atoms with van der Waals surface area (Å²) >= 11 is 0. The summed E-state index contributed by atoms with van der Waals surface area (Å²) < 4.78 is 23.8. The quantitative estimate of drug-likeness (QED) is 0.0243. The van der Waals surface area contributed by atoms with Gasteiger partial charge in [-0.3, -0.25) is 13.8 Å². The highest BCUT2D eigenvalue weighted by atomic mass is 31.2. The topological polar surface area (TPSA) is 105 Å². The van der Waals surface area contributed by atoms with Crippen LogP contribution in [0, 0.1) is 0 Å². The monoisotopic (exact) mass is 1280 g/mol. The Bertz CT molecular complexity index is 2050. The van der Waals surface area contributed by atoms with Gasteiger partial charge in [-0.05, 0) is 122 Å². The molecule has 0 aliphatic heterocycles. The molecule has 0 spiro atoms. The third-order valence-corrected chi connectivity index (χ3v) is 16.9. The van der Waals surface area contributed by atoms with Gasteiger partial charge in [0.2, 0.25) is 5.91 Å². The van der Waals surface area contributed by atoms with Crippen LogP contribution in [0.5, 0.6) is 0 Å². The van der Waals surface area contributed by atoms with Crippen molar-refractivity contribution in [2.24, 2.45) is 0 Å². The molecule has 3 N–H and O–H groups in total. The molecule has 8 nitrogen and oxygen atoms in total. The van der Waals surface area contributed by atoms with E-state index in [2.05, 4.69) is 165 Å². The molecule has 0 fully saturated rings. The molecule has 0 saturated heterocycles. The molecule has 520 valence electrons. The molecule has 91 heavy (non-hydrogen) atoms. The molecule has 0 heterocycles. The second-order valence-electron chi connectivity index (χ2n) is 25.9. The van der Waals surface area contributed by atoms with Gasteiger partial charge in [0.25, 0.3) is 0 Å². The van der Waals surface area contributed by atoms with Crippen molar-refractivity contribution in [2.45, 2.75) is 315 Å². The molecule has 0 saturated carbocycles. The van der Waals surface area contributed by atoms with E-state index in [1.54, 1.807) is 6.08 Å². The lowest BCUT2D eigenvalue weighted by molar-refractivity contribution is -0.870. The number of carbonyl (C=O) groups is 1. The van der Waals surface area contributed by atoms with Crippen LogP contribution >= 0.6 is 7.82 Å². The van der Waals surface area contributed by atoms with Crippen molar-refractivity contribution in [3.8, 4) is 0 Å². The van der Waals surface area contributed by atoms with E-state index in [9.17, 15) is 19.4 Å². The average Bonchev–Trinajstić information content (AvgIpc) is 3.42. The zero-order chi connectivity index (χ0) is 66.2. The minimum Gasteiger partial charge on any atom is -0.387 e. The summed E-state index contributed by atoms with van der Waals surface area (Å²) in [7, 11) is 1.52. The van der Waals surface area contributed by atoms with Crippen LogP contribution in [-0.4, -0.2) is 73.4 Å². The molecule has 0 aliphatic rings. The number of nitrogens with zero attached hydrogens (tertiary/aromatic N) is 1. The van der Waals surface area contributed by atoms with E-state index in [0.717, 1.165) is 135 Å². The predicted octanol–water partition coefficient (Wildman–Crippen LogP) is 24.5. The number of amides is 1. The van der Waals surface area contributed by atoms with Crippen LogP contribution in [-0.2, 0) is 18.4 Å². The van der Waals surface area contributed by atoms with Gasteiger partial charge in [-0.15, -0.1) is 0 Å². The zero-order valence-electron chi connectivity index (χ0n) is 59.5. The maximum Gasteiger partial charge on any atom is 0.472 e. The Hall–Kier alpha value is -3.88. The van der Waals surface area contributed by atoms with Crippen molar-refractivity contribution < 1.29 is 32.9 Å². The van der Waals surface area contributed by atoms with Gasteiger partial charge in [0.1, 0.15) is 13.2 Å². The highest BCUT2D eigenvalue weighted by Gasteiger charge is 2.28.